The van der Waals surface area contributed by atoms with Crippen LogP contribution in [0.25, 0.3) is 6.08 Å². The highest BCUT2D eigenvalue weighted by atomic mass is 79.9. The van der Waals surface area contributed by atoms with Crippen molar-refractivity contribution >= 4 is 33.6 Å². The maximum Gasteiger partial charge on any atom is 0.248 e. The fourth-order valence-electron chi connectivity index (χ4n) is 1.86. The molecule has 0 aliphatic heterocycles. The Kier molecular flexibility index (Phi) is 6.22. The van der Waals surface area contributed by atoms with Gasteiger partial charge in [-0.05, 0) is 46.6 Å². The van der Waals surface area contributed by atoms with Crippen molar-refractivity contribution < 1.29 is 9.53 Å². The predicted molar refractivity (Wildman–Crippen MR) is 94.0 cm³/mol. The van der Waals surface area contributed by atoms with Gasteiger partial charge in [0.15, 0.2) is 0 Å². The summed E-state index contributed by atoms with van der Waals surface area (Å²) in [5.74, 6) is 0.603. The van der Waals surface area contributed by atoms with Gasteiger partial charge in [-0.3, -0.25) is 4.79 Å². The van der Waals surface area contributed by atoms with Crippen LogP contribution in [-0.2, 0) is 4.79 Å². The van der Waals surface area contributed by atoms with Crippen LogP contribution in [0.5, 0.6) is 5.75 Å². The van der Waals surface area contributed by atoms with Crippen LogP contribution < -0.4 is 10.1 Å². The molecule has 2 rings (SSSR count). The Morgan fingerprint density at radius 2 is 1.91 bits per heavy atom. The lowest BCUT2D eigenvalue weighted by atomic mass is 10.2. The molecule has 4 heteroatoms. The molecule has 0 aliphatic rings. The van der Waals surface area contributed by atoms with E-state index in [9.17, 15) is 4.79 Å². The van der Waals surface area contributed by atoms with Crippen molar-refractivity contribution in [2.24, 2.45) is 0 Å². The van der Waals surface area contributed by atoms with Crippen LogP contribution >= 0.6 is 15.9 Å². The number of rotatable bonds is 6. The number of carbonyl (C=O) groups excluding carboxylic acids is 1. The number of para-hydroxylation sites is 2. The van der Waals surface area contributed by atoms with Crippen LogP contribution in [0.2, 0.25) is 0 Å². The summed E-state index contributed by atoms with van der Waals surface area (Å²) in [6.45, 7) is 2.72. The van der Waals surface area contributed by atoms with Crippen LogP contribution in [0.15, 0.2) is 59.1 Å². The number of ether oxygens (including phenoxy) is 1. The Bertz CT molecular complexity index is 668. The van der Waals surface area contributed by atoms with Gasteiger partial charge < -0.3 is 10.1 Å². The van der Waals surface area contributed by atoms with E-state index in [1.165, 1.54) is 6.08 Å². The zero-order valence-electron chi connectivity index (χ0n) is 12.4. The number of nitrogens with one attached hydrogen (secondary N) is 1. The molecule has 22 heavy (non-hydrogen) atoms. The van der Waals surface area contributed by atoms with Crippen LogP contribution in [0, 0.1) is 0 Å². The van der Waals surface area contributed by atoms with E-state index in [2.05, 4.69) is 28.2 Å². The number of benzene rings is 2. The molecule has 0 heterocycles. The molecule has 2 aromatic rings. The van der Waals surface area contributed by atoms with E-state index in [-0.39, 0.29) is 5.91 Å². The monoisotopic (exact) mass is 359 g/mol. The van der Waals surface area contributed by atoms with E-state index in [4.69, 9.17) is 4.74 Å². The highest BCUT2D eigenvalue weighted by molar-refractivity contribution is 9.10. The lowest BCUT2D eigenvalue weighted by Crippen LogP contribution is -2.08. The second-order valence-corrected chi connectivity index (χ2v) is 5.54. The Balaban J connectivity index is 2.05. The summed E-state index contributed by atoms with van der Waals surface area (Å²) >= 11 is 3.40. The van der Waals surface area contributed by atoms with Gasteiger partial charge >= 0.3 is 0 Å². The minimum Gasteiger partial charge on any atom is -0.493 e. The van der Waals surface area contributed by atoms with Gasteiger partial charge in [0.2, 0.25) is 5.91 Å². The first-order valence-electron chi connectivity index (χ1n) is 7.16. The predicted octanol–water partition coefficient (Wildman–Crippen LogP) is 4.89. The van der Waals surface area contributed by atoms with Crippen LogP contribution in [0.1, 0.15) is 18.9 Å². The molecule has 1 amide bonds. The second-order valence-electron chi connectivity index (χ2n) is 4.69. The SMILES string of the molecule is CCCOc1ccccc1/C=C/C(=O)Nc1ccccc1Br. The summed E-state index contributed by atoms with van der Waals surface area (Å²) in [6.07, 6.45) is 4.21. The van der Waals surface area contributed by atoms with E-state index < -0.39 is 0 Å². The van der Waals surface area contributed by atoms with E-state index >= 15 is 0 Å². The van der Waals surface area contributed by atoms with Crippen LogP contribution in [-0.4, -0.2) is 12.5 Å². The molecule has 1 N–H and O–H groups in total. The van der Waals surface area contributed by atoms with Crippen LogP contribution in [0.3, 0.4) is 0 Å². The molecule has 0 spiro atoms. The average Bonchev–Trinajstić information content (AvgIpc) is 2.54. The molecule has 0 aliphatic carbocycles. The molecule has 0 fully saturated rings. The number of hydrogen-bond donors (Lipinski definition) is 1. The lowest BCUT2D eigenvalue weighted by Gasteiger charge is -2.08. The minimum atomic E-state index is -0.183. The second kappa shape index (κ2) is 8.39. The van der Waals surface area contributed by atoms with Crippen molar-refractivity contribution in [2.45, 2.75) is 13.3 Å². The Morgan fingerprint density at radius 1 is 1.18 bits per heavy atom. The van der Waals surface area contributed by atoms with Gasteiger partial charge in [-0.25, -0.2) is 0 Å². The molecule has 3 nitrogen and oxygen atoms in total. The van der Waals surface area contributed by atoms with E-state index in [1.54, 1.807) is 6.08 Å². The van der Waals surface area contributed by atoms with Gasteiger partial charge in [-0.2, -0.15) is 0 Å². The highest BCUT2D eigenvalue weighted by Crippen LogP contribution is 2.22. The first-order chi connectivity index (χ1) is 10.7. The quantitative estimate of drug-likeness (QED) is 0.745. The maximum absolute atomic E-state index is 12.0. The summed E-state index contributed by atoms with van der Waals surface area (Å²) < 4.78 is 6.52. The minimum absolute atomic E-state index is 0.183. The van der Waals surface area contributed by atoms with Gasteiger partial charge in [0.25, 0.3) is 0 Å². The average molecular weight is 360 g/mol. The summed E-state index contributed by atoms with van der Waals surface area (Å²) in [5.41, 5.74) is 1.63. The summed E-state index contributed by atoms with van der Waals surface area (Å²) in [7, 11) is 0. The molecule has 0 atom stereocenters. The van der Waals surface area contributed by atoms with Gasteiger partial charge in [-0.15, -0.1) is 0 Å². The lowest BCUT2D eigenvalue weighted by molar-refractivity contribution is -0.111. The number of amides is 1. The van der Waals surface area contributed by atoms with Crippen molar-refractivity contribution in [3.05, 3.63) is 64.6 Å². The molecule has 114 valence electrons. The number of hydrogen-bond acceptors (Lipinski definition) is 2. The van der Waals surface area contributed by atoms with Gasteiger partial charge in [0.05, 0.1) is 12.3 Å². The molecule has 0 unspecified atom stereocenters. The number of carbonyl (C=O) groups is 1. The standard InChI is InChI=1S/C18H18BrNO2/c1-2-13-22-17-10-6-3-7-14(17)11-12-18(21)20-16-9-5-4-8-15(16)19/h3-12H,2,13H2,1H3,(H,20,21)/b12-11+. The normalized spacial score (nSPS) is 10.6. The molecule has 0 saturated carbocycles. The van der Waals surface area contributed by atoms with Crippen molar-refractivity contribution in [3.63, 3.8) is 0 Å². The molecule has 0 saturated heterocycles. The highest BCUT2D eigenvalue weighted by Gasteiger charge is 2.03. The van der Waals surface area contributed by atoms with Gasteiger partial charge in [-0.1, -0.05) is 37.3 Å². The van der Waals surface area contributed by atoms with Gasteiger partial charge in [0, 0.05) is 16.1 Å². The molecular weight excluding hydrogens is 342 g/mol. The Hall–Kier alpha value is -2.07. The topological polar surface area (TPSA) is 38.3 Å². The van der Waals surface area contributed by atoms with Crippen LogP contribution in [0.4, 0.5) is 5.69 Å². The van der Waals surface area contributed by atoms with Crippen molar-refractivity contribution in [3.8, 4) is 5.75 Å². The van der Waals surface area contributed by atoms with E-state index in [0.29, 0.717) is 6.61 Å². The molecule has 0 bridgehead atoms. The molecule has 2 aromatic carbocycles. The first-order valence-corrected chi connectivity index (χ1v) is 7.95. The third-order valence-corrected chi connectivity index (χ3v) is 3.62. The smallest absolute Gasteiger partial charge is 0.248 e. The van der Waals surface area contributed by atoms with E-state index in [0.717, 1.165) is 27.9 Å². The summed E-state index contributed by atoms with van der Waals surface area (Å²) in [6, 6.07) is 15.2. The maximum atomic E-state index is 12.0. The fourth-order valence-corrected chi connectivity index (χ4v) is 2.25. The third kappa shape index (κ3) is 4.74. The zero-order chi connectivity index (χ0) is 15.8. The van der Waals surface area contributed by atoms with Crippen molar-refractivity contribution in [1.82, 2.24) is 0 Å². The Morgan fingerprint density at radius 3 is 2.68 bits per heavy atom. The zero-order valence-corrected chi connectivity index (χ0v) is 14.0. The van der Waals surface area contributed by atoms with Crippen molar-refractivity contribution in [2.75, 3.05) is 11.9 Å². The van der Waals surface area contributed by atoms with Gasteiger partial charge in [0.1, 0.15) is 5.75 Å². The summed E-state index contributed by atoms with van der Waals surface area (Å²) in [4.78, 5) is 12.0. The van der Waals surface area contributed by atoms with Crippen molar-refractivity contribution in [1.29, 1.82) is 0 Å². The van der Waals surface area contributed by atoms with E-state index in [1.807, 2.05) is 48.5 Å². The molecule has 0 aromatic heterocycles. The number of halogens is 1. The fraction of sp³-hybridized carbons (Fsp3) is 0.167. The number of anilines is 1. The Labute approximate surface area is 139 Å². The molecule has 0 radical (unpaired) electrons. The first kappa shape index (κ1) is 16.3. The molecular formula is C18H18BrNO2. The summed E-state index contributed by atoms with van der Waals surface area (Å²) in [5, 5.41) is 2.83. The largest absolute Gasteiger partial charge is 0.493 e. The third-order valence-electron chi connectivity index (χ3n) is 2.93.